The van der Waals surface area contributed by atoms with Gasteiger partial charge in [0.05, 0.1) is 19.4 Å². The molecule has 2 atom stereocenters. The molecular weight excluding hydrogens is 196 g/mol. The number of ether oxygens (including phenoxy) is 1. The van der Waals surface area contributed by atoms with Gasteiger partial charge in [0, 0.05) is 11.8 Å². The first kappa shape index (κ1) is 10.4. The summed E-state index contributed by atoms with van der Waals surface area (Å²) in [6.45, 7) is 2.33. The molecule has 0 saturated carbocycles. The van der Waals surface area contributed by atoms with E-state index in [1.54, 1.807) is 6.92 Å². The Morgan fingerprint density at radius 1 is 1.67 bits per heavy atom. The minimum atomic E-state index is -0.0543. The van der Waals surface area contributed by atoms with Crippen LogP contribution in [0.4, 0.5) is 0 Å². The Labute approximate surface area is 88.7 Å². The molecule has 0 aliphatic carbocycles. The van der Waals surface area contributed by atoms with Crippen molar-refractivity contribution in [3.8, 4) is 0 Å². The Morgan fingerprint density at radius 3 is 3.07 bits per heavy atom. The first-order valence-electron chi connectivity index (χ1n) is 5.19. The van der Waals surface area contributed by atoms with Gasteiger partial charge in [0.25, 0.3) is 0 Å². The van der Waals surface area contributed by atoms with Crippen LogP contribution in [0.15, 0.2) is 11.8 Å². The minimum absolute atomic E-state index is 0.0160. The zero-order chi connectivity index (χ0) is 10.8. The second-order valence-corrected chi connectivity index (χ2v) is 3.96. The Balaban J connectivity index is 1.98. The summed E-state index contributed by atoms with van der Waals surface area (Å²) in [6, 6.07) is 0. The Bertz CT molecular complexity index is 290. The highest BCUT2D eigenvalue weighted by Gasteiger charge is 2.30. The van der Waals surface area contributed by atoms with Crippen molar-refractivity contribution in [2.75, 3.05) is 13.3 Å². The number of rotatable bonds is 2. The van der Waals surface area contributed by atoms with E-state index < -0.39 is 0 Å². The highest BCUT2D eigenvalue weighted by molar-refractivity contribution is 5.93. The maximum Gasteiger partial charge on any atom is 0.249 e. The third-order valence-corrected chi connectivity index (χ3v) is 2.80. The van der Waals surface area contributed by atoms with Gasteiger partial charge in [-0.25, -0.2) is 0 Å². The van der Waals surface area contributed by atoms with E-state index in [1.165, 1.54) is 0 Å². The fraction of sp³-hybridized carbons (Fsp3) is 0.700. The van der Waals surface area contributed by atoms with Gasteiger partial charge in [-0.3, -0.25) is 4.79 Å². The predicted octanol–water partition coefficient (Wildman–Crippen LogP) is -0.223. The zero-order valence-corrected chi connectivity index (χ0v) is 8.77. The predicted molar refractivity (Wildman–Crippen MR) is 53.6 cm³/mol. The van der Waals surface area contributed by atoms with Crippen molar-refractivity contribution in [2.45, 2.75) is 32.1 Å². The smallest absolute Gasteiger partial charge is 0.249 e. The molecule has 2 heterocycles. The van der Waals surface area contributed by atoms with Gasteiger partial charge < -0.3 is 20.1 Å². The van der Waals surface area contributed by atoms with Crippen LogP contribution in [0.3, 0.4) is 0 Å². The molecule has 1 saturated heterocycles. The van der Waals surface area contributed by atoms with Crippen LogP contribution in [0.5, 0.6) is 0 Å². The van der Waals surface area contributed by atoms with Crippen LogP contribution >= 0.6 is 0 Å². The van der Waals surface area contributed by atoms with Gasteiger partial charge in [0.1, 0.15) is 6.23 Å². The maximum absolute atomic E-state index is 11.2. The molecule has 0 spiro atoms. The van der Waals surface area contributed by atoms with E-state index in [-0.39, 0.29) is 24.8 Å². The fourth-order valence-corrected chi connectivity index (χ4v) is 1.91. The van der Waals surface area contributed by atoms with Crippen LogP contribution in [0.1, 0.15) is 19.8 Å². The van der Waals surface area contributed by atoms with Crippen molar-refractivity contribution in [3.05, 3.63) is 11.8 Å². The number of amides is 1. The molecule has 15 heavy (non-hydrogen) atoms. The van der Waals surface area contributed by atoms with E-state index in [9.17, 15) is 4.79 Å². The summed E-state index contributed by atoms with van der Waals surface area (Å²) < 4.78 is 5.61. The molecule has 2 N–H and O–H groups in total. The monoisotopic (exact) mass is 212 g/mol. The SMILES string of the molecule is CC1=CN([C@@H]2CCC(CO)O2)CNC1=O. The molecule has 0 radical (unpaired) electrons. The van der Waals surface area contributed by atoms with Crippen LogP contribution in [0, 0.1) is 0 Å². The van der Waals surface area contributed by atoms with E-state index in [4.69, 9.17) is 9.84 Å². The molecule has 2 aliphatic rings. The van der Waals surface area contributed by atoms with Crippen LogP contribution in [-0.2, 0) is 9.53 Å². The molecule has 0 aromatic carbocycles. The quantitative estimate of drug-likeness (QED) is 0.664. The summed E-state index contributed by atoms with van der Waals surface area (Å²) in [5.41, 5.74) is 0.692. The Hall–Kier alpha value is -1.07. The topological polar surface area (TPSA) is 61.8 Å². The summed E-state index contributed by atoms with van der Waals surface area (Å²) >= 11 is 0. The van der Waals surface area contributed by atoms with E-state index in [0.29, 0.717) is 12.2 Å². The number of aliphatic hydroxyl groups is 1. The third kappa shape index (κ3) is 2.13. The molecule has 5 heteroatoms. The molecular formula is C10H16N2O3. The van der Waals surface area contributed by atoms with Gasteiger partial charge in [-0.1, -0.05) is 0 Å². The van der Waals surface area contributed by atoms with Crippen LogP contribution < -0.4 is 5.32 Å². The van der Waals surface area contributed by atoms with Crippen molar-refractivity contribution in [2.24, 2.45) is 0 Å². The summed E-state index contributed by atoms with van der Waals surface area (Å²) in [5.74, 6) is -0.0250. The number of nitrogens with one attached hydrogen (secondary N) is 1. The van der Waals surface area contributed by atoms with Crippen molar-refractivity contribution in [1.82, 2.24) is 10.2 Å². The number of carbonyl (C=O) groups is 1. The van der Waals surface area contributed by atoms with E-state index >= 15 is 0 Å². The summed E-state index contributed by atoms with van der Waals surface area (Å²) in [4.78, 5) is 13.2. The highest BCUT2D eigenvalue weighted by Crippen LogP contribution is 2.23. The molecule has 0 aromatic rings. The number of hydrogen-bond acceptors (Lipinski definition) is 4. The van der Waals surface area contributed by atoms with Crippen molar-refractivity contribution in [1.29, 1.82) is 0 Å². The van der Waals surface area contributed by atoms with Gasteiger partial charge in [0.2, 0.25) is 5.91 Å². The molecule has 1 unspecified atom stereocenters. The first-order valence-corrected chi connectivity index (χ1v) is 5.19. The van der Waals surface area contributed by atoms with Crippen LogP contribution in [0.25, 0.3) is 0 Å². The standard InChI is InChI=1S/C10H16N2O3/c1-7-4-12(6-11-10(7)14)9-3-2-8(5-13)15-9/h4,8-9,13H,2-3,5-6H2,1H3,(H,11,14)/t8?,9-/m0/s1. The van der Waals surface area contributed by atoms with E-state index in [0.717, 1.165) is 12.8 Å². The molecule has 5 nitrogen and oxygen atoms in total. The number of aliphatic hydroxyl groups excluding tert-OH is 1. The Morgan fingerprint density at radius 2 is 2.47 bits per heavy atom. The molecule has 84 valence electrons. The van der Waals surface area contributed by atoms with Crippen molar-refractivity contribution in [3.63, 3.8) is 0 Å². The lowest BCUT2D eigenvalue weighted by atomic mass is 10.2. The largest absolute Gasteiger partial charge is 0.394 e. The van der Waals surface area contributed by atoms with Gasteiger partial charge in [-0.15, -0.1) is 0 Å². The van der Waals surface area contributed by atoms with Gasteiger partial charge >= 0.3 is 0 Å². The van der Waals surface area contributed by atoms with E-state index in [2.05, 4.69) is 5.32 Å². The maximum atomic E-state index is 11.2. The second-order valence-electron chi connectivity index (χ2n) is 3.96. The number of nitrogens with zero attached hydrogens (tertiary/aromatic N) is 1. The van der Waals surface area contributed by atoms with Gasteiger partial charge in [-0.2, -0.15) is 0 Å². The lowest BCUT2D eigenvalue weighted by molar-refractivity contribution is -0.120. The van der Waals surface area contributed by atoms with Crippen molar-refractivity contribution < 1.29 is 14.6 Å². The molecule has 2 aliphatic heterocycles. The average Bonchev–Trinajstić information content (AvgIpc) is 2.70. The first-order chi connectivity index (χ1) is 7.20. The van der Waals surface area contributed by atoms with E-state index in [1.807, 2.05) is 11.1 Å². The molecule has 0 bridgehead atoms. The lowest BCUT2D eigenvalue weighted by Gasteiger charge is -2.31. The molecule has 2 rings (SSSR count). The second kappa shape index (κ2) is 4.20. The number of carbonyl (C=O) groups excluding carboxylic acids is 1. The fourth-order valence-electron chi connectivity index (χ4n) is 1.91. The summed E-state index contributed by atoms with van der Waals surface area (Å²) in [5, 5.41) is 11.7. The third-order valence-electron chi connectivity index (χ3n) is 2.80. The summed E-state index contributed by atoms with van der Waals surface area (Å²) in [7, 11) is 0. The van der Waals surface area contributed by atoms with Crippen LogP contribution in [0.2, 0.25) is 0 Å². The average molecular weight is 212 g/mol. The molecule has 1 fully saturated rings. The van der Waals surface area contributed by atoms with Gasteiger partial charge in [-0.05, 0) is 19.8 Å². The number of hydrogen-bond donors (Lipinski definition) is 2. The summed E-state index contributed by atoms with van der Waals surface area (Å²) in [6.07, 6.45) is 3.52. The normalized spacial score (nSPS) is 31.5. The van der Waals surface area contributed by atoms with Gasteiger partial charge in [0.15, 0.2) is 0 Å². The van der Waals surface area contributed by atoms with Crippen LogP contribution in [-0.4, -0.2) is 41.5 Å². The minimum Gasteiger partial charge on any atom is -0.394 e. The van der Waals surface area contributed by atoms with Crippen molar-refractivity contribution >= 4 is 5.91 Å². The Kier molecular flexibility index (Phi) is 2.93. The molecule has 1 amide bonds. The zero-order valence-electron chi connectivity index (χ0n) is 8.77. The lowest BCUT2D eigenvalue weighted by Crippen LogP contribution is -2.45. The highest BCUT2D eigenvalue weighted by atomic mass is 16.5. The molecule has 0 aromatic heterocycles.